The number of aromatic nitrogens is 2. The highest BCUT2D eigenvalue weighted by molar-refractivity contribution is 14.0. The predicted octanol–water partition coefficient (Wildman–Crippen LogP) is 2.99. The third-order valence-corrected chi connectivity index (χ3v) is 3.77. The first kappa shape index (κ1) is 23.2. The minimum absolute atomic E-state index is 0. The van der Waals surface area contributed by atoms with Crippen molar-refractivity contribution in [1.29, 1.82) is 0 Å². The number of rotatable bonds is 9. The number of ether oxygens (including phenoxy) is 1. The van der Waals surface area contributed by atoms with Gasteiger partial charge >= 0.3 is 0 Å². The van der Waals surface area contributed by atoms with Crippen LogP contribution in [0.4, 0.5) is 0 Å². The molecule has 1 N–H and O–H groups in total. The number of hydrogen-bond donors (Lipinski definition) is 1. The maximum absolute atomic E-state index is 5.07. The first-order valence-electron chi connectivity index (χ1n) is 8.42. The topological polar surface area (TPSA) is 54.7 Å². The van der Waals surface area contributed by atoms with Crippen molar-refractivity contribution in [1.82, 2.24) is 20.0 Å². The standard InChI is InChI=1S/C17H33N5O.HI/c1-14(2)16-15(13-22(5)20-16)12-21(4)17(18-3)19-10-8-7-9-11-23-6;/h13-14H,7-12H2,1-6H3,(H,18,19);1H. The smallest absolute Gasteiger partial charge is 0.193 e. The normalized spacial score (nSPS) is 11.5. The van der Waals surface area contributed by atoms with Crippen LogP contribution in [0, 0.1) is 0 Å². The van der Waals surface area contributed by atoms with E-state index in [1.807, 2.05) is 18.8 Å². The van der Waals surface area contributed by atoms with Crippen molar-refractivity contribution in [3.63, 3.8) is 0 Å². The largest absolute Gasteiger partial charge is 0.385 e. The van der Waals surface area contributed by atoms with Crippen LogP contribution in [0.3, 0.4) is 0 Å². The number of nitrogens with one attached hydrogen (secondary N) is 1. The van der Waals surface area contributed by atoms with Crippen molar-refractivity contribution in [2.45, 2.75) is 45.6 Å². The van der Waals surface area contributed by atoms with Gasteiger partial charge in [-0.15, -0.1) is 24.0 Å². The van der Waals surface area contributed by atoms with E-state index < -0.39 is 0 Å². The molecule has 6 nitrogen and oxygen atoms in total. The van der Waals surface area contributed by atoms with Crippen molar-refractivity contribution < 1.29 is 4.74 Å². The molecule has 1 aromatic rings. The van der Waals surface area contributed by atoms with Crippen LogP contribution in [0.25, 0.3) is 0 Å². The number of aliphatic imine (C=N–C) groups is 1. The van der Waals surface area contributed by atoms with Crippen LogP contribution >= 0.6 is 24.0 Å². The number of hydrogen-bond acceptors (Lipinski definition) is 3. The van der Waals surface area contributed by atoms with E-state index in [0.717, 1.165) is 44.2 Å². The number of methoxy groups -OCH3 is 1. The summed E-state index contributed by atoms with van der Waals surface area (Å²) in [6.07, 6.45) is 5.51. The van der Waals surface area contributed by atoms with E-state index in [0.29, 0.717) is 5.92 Å². The highest BCUT2D eigenvalue weighted by Crippen LogP contribution is 2.18. The Morgan fingerprint density at radius 3 is 2.67 bits per heavy atom. The lowest BCUT2D eigenvalue weighted by atomic mass is 10.1. The van der Waals surface area contributed by atoms with Gasteiger partial charge in [0, 0.05) is 59.7 Å². The molecule has 1 aromatic heterocycles. The van der Waals surface area contributed by atoms with E-state index >= 15 is 0 Å². The lowest BCUT2D eigenvalue weighted by Gasteiger charge is -2.22. The van der Waals surface area contributed by atoms with Gasteiger partial charge in [-0.1, -0.05) is 13.8 Å². The van der Waals surface area contributed by atoms with E-state index in [1.165, 1.54) is 12.0 Å². The molecule has 0 aliphatic carbocycles. The average molecular weight is 451 g/mol. The van der Waals surface area contributed by atoms with Crippen LogP contribution in [0.1, 0.15) is 50.3 Å². The van der Waals surface area contributed by atoms with Gasteiger partial charge in [-0.3, -0.25) is 9.67 Å². The second-order valence-corrected chi connectivity index (χ2v) is 6.25. The summed E-state index contributed by atoms with van der Waals surface area (Å²) < 4.78 is 6.96. The number of guanidine groups is 1. The second kappa shape index (κ2) is 12.5. The minimum Gasteiger partial charge on any atom is -0.385 e. The molecular formula is C17H34IN5O. The molecule has 0 aliphatic heterocycles. The number of unbranched alkanes of at least 4 members (excludes halogenated alkanes) is 2. The van der Waals surface area contributed by atoms with Crippen LogP contribution in [0.5, 0.6) is 0 Å². The van der Waals surface area contributed by atoms with E-state index in [2.05, 4.69) is 47.4 Å². The van der Waals surface area contributed by atoms with E-state index in [-0.39, 0.29) is 24.0 Å². The highest BCUT2D eigenvalue weighted by atomic mass is 127. The van der Waals surface area contributed by atoms with Gasteiger partial charge in [0.1, 0.15) is 0 Å². The van der Waals surface area contributed by atoms with Crippen LogP contribution < -0.4 is 5.32 Å². The molecule has 0 aliphatic rings. The van der Waals surface area contributed by atoms with Crippen molar-refractivity contribution in [2.75, 3.05) is 34.4 Å². The minimum atomic E-state index is 0. The molecule has 0 aromatic carbocycles. The molecule has 0 saturated heterocycles. The fraction of sp³-hybridized carbons (Fsp3) is 0.765. The van der Waals surface area contributed by atoms with Gasteiger partial charge in [-0.05, 0) is 25.2 Å². The van der Waals surface area contributed by atoms with Gasteiger partial charge in [0.15, 0.2) is 5.96 Å². The zero-order valence-corrected chi connectivity index (χ0v) is 18.3. The lowest BCUT2D eigenvalue weighted by Crippen LogP contribution is -2.39. The zero-order valence-electron chi connectivity index (χ0n) is 16.0. The Balaban J connectivity index is 0.00000529. The third-order valence-electron chi connectivity index (χ3n) is 3.77. The number of aryl methyl sites for hydroxylation is 1. The molecule has 1 heterocycles. The van der Waals surface area contributed by atoms with Crippen molar-refractivity contribution in [2.24, 2.45) is 12.0 Å². The molecule has 7 heteroatoms. The molecule has 24 heavy (non-hydrogen) atoms. The van der Waals surface area contributed by atoms with Gasteiger partial charge < -0.3 is 15.0 Å². The monoisotopic (exact) mass is 451 g/mol. The SMILES string of the molecule is CN=C(NCCCCCOC)N(C)Cc1cn(C)nc1C(C)C.I. The van der Waals surface area contributed by atoms with Gasteiger partial charge in [-0.25, -0.2) is 0 Å². The van der Waals surface area contributed by atoms with E-state index in [4.69, 9.17) is 4.74 Å². The fourth-order valence-electron chi connectivity index (χ4n) is 2.63. The Kier molecular flexibility index (Phi) is 12.1. The summed E-state index contributed by atoms with van der Waals surface area (Å²) in [6, 6.07) is 0. The molecule has 140 valence electrons. The first-order chi connectivity index (χ1) is 11.0. The molecule has 0 radical (unpaired) electrons. The predicted molar refractivity (Wildman–Crippen MR) is 111 cm³/mol. The van der Waals surface area contributed by atoms with Gasteiger partial charge in [0.05, 0.1) is 5.69 Å². The summed E-state index contributed by atoms with van der Waals surface area (Å²) >= 11 is 0. The third kappa shape index (κ3) is 7.83. The Labute approximate surface area is 164 Å². The highest BCUT2D eigenvalue weighted by Gasteiger charge is 2.14. The summed E-state index contributed by atoms with van der Waals surface area (Å²) in [4.78, 5) is 6.53. The van der Waals surface area contributed by atoms with Gasteiger partial charge in [0.2, 0.25) is 0 Å². The van der Waals surface area contributed by atoms with E-state index in [1.54, 1.807) is 7.11 Å². The van der Waals surface area contributed by atoms with Crippen LogP contribution in [-0.4, -0.2) is 55.0 Å². The Morgan fingerprint density at radius 2 is 2.08 bits per heavy atom. The molecular weight excluding hydrogens is 417 g/mol. The Hall–Kier alpha value is -0.830. The maximum atomic E-state index is 5.07. The quantitative estimate of drug-likeness (QED) is 0.272. The lowest BCUT2D eigenvalue weighted by molar-refractivity contribution is 0.192. The summed E-state index contributed by atoms with van der Waals surface area (Å²) in [5, 5.41) is 8.00. The number of halogens is 1. The summed E-state index contributed by atoms with van der Waals surface area (Å²) in [5.74, 6) is 1.35. The summed E-state index contributed by atoms with van der Waals surface area (Å²) in [6.45, 7) is 6.95. The van der Waals surface area contributed by atoms with E-state index in [9.17, 15) is 0 Å². The second-order valence-electron chi connectivity index (χ2n) is 6.25. The molecule has 0 unspecified atom stereocenters. The van der Waals surface area contributed by atoms with Crippen LogP contribution in [-0.2, 0) is 18.3 Å². The fourth-order valence-corrected chi connectivity index (χ4v) is 2.63. The number of nitrogens with zero attached hydrogens (tertiary/aromatic N) is 4. The first-order valence-corrected chi connectivity index (χ1v) is 8.42. The van der Waals surface area contributed by atoms with Crippen molar-refractivity contribution in [3.05, 3.63) is 17.5 Å². The molecule has 1 rings (SSSR count). The molecule has 0 saturated carbocycles. The van der Waals surface area contributed by atoms with Crippen molar-refractivity contribution in [3.8, 4) is 0 Å². The molecule has 0 fully saturated rings. The molecule has 0 spiro atoms. The average Bonchev–Trinajstić information content (AvgIpc) is 2.87. The van der Waals surface area contributed by atoms with Crippen LogP contribution in [0.15, 0.2) is 11.2 Å². The molecule has 0 atom stereocenters. The summed E-state index contributed by atoms with van der Waals surface area (Å²) in [5.41, 5.74) is 2.42. The van der Waals surface area contributed by atoms with Crippen LogP contribution in [0.2, 0.25) is 0 Å². The maximum Gasteiger partial charge on any atom is 0.193 e. The van der Waals surface area contributed by atoms with Crippen molar-refractivity contribution >= 4 is 29.9 Å². The molecule has 0 amide bonds. The molecule has 0 bridgehead atoms. The zero-order chi connectivity index (χ0) is 17.2. The Morgan fingerprint density at radius 1 is 1.38 bits per heavy atom. The van der Waals surface area contributed by atoms with Gasteiger partial charge in [0.25, 0.3) is 0 Å². The summed E-state index contributed by atoms with van der Waals surface area (Å²) in [7, 11) is 7.62. The Bertz CT molecular complexity index is 487. The van der Waals surface area contributed by atoms with Gasteiger partial charge in [-0.2, -0.15) is 5.10 Å².